The summed E-state index contributed by atoms with van der Waals surface area (Å²) in [6.07, 6.45) is -0.541. The molecule has 0 saturated carbocycles. The molecule has 7 heteroatoms. The zero-order chi connectivity index (χ0) is 15.3. The Labute approximate surface area is 127 Å². The summed E-state index contributed by atoms with van der Waals surface area (Å²) in [4.78, 5) is 11.6. The van der Waals surface area contributed by atoms with E-state index in [1.807, 2.05) is 0 Å². The number of amides is 1. The molecule has 0 aliphatic heterocycles. The Morgan fingerprint density at radius 2 is 2.10 bits per heavy atom. The predicted molar refractivity (Wildman–Crippen MR) is 78.7 cm³/mol. The molecule has 0 unspecified atom stereocenters. The van der Waals surface area contributed by atoms with Gasteiger partial charge in [-0.2, -0.15) is 0 Å². The van der Waals surface area contributed by atoms with Crippen LogP contribution >= 0.6 is 23.2 Å². The number of carbonyl (C=O) groups excluding carboxylic acids is 1. The number of nitrogens with one attached hydrogen (secondary N) is 1. The first-order chi connectivity index (χ1) is 9.23. The fourth-order valence-electron chi connectivity index (χ4n) is 1.38. The largest absolute Gasteiger partial charge is 0.444 e. The minimum atomic E-state index is -0.567. The van der Waals surface area contributed by atoms with Crippen LogP contribution in [0.25, 0.3) is 0 Å². The lowest BCUT2D eigenvalue weighted by Gasteiger charge is -2.19. The van der Waals surface area contributed by atoms with Crippen molar-refractivity contribution >= 4 is 34.5 Å². The van der Waals surface area contributed by atoms with Crippen LogP contribution in [0.15, 0.2) is 23.4 Å². The molecule has 0 aromatic heterocycles. The number of rotatable bonds is 3. The summed E-state index contributed by atoms with van der Waals surface area (Å²) in [7, 11) is 0. The standard InChI is InChI=1S/C13H16Cl2N2O3/c1-13(2,3)20-12(18)16-7-9-6-8(11(15)17-19)4-5-10(9)14/h4-6,19H,7H2,1-3H3,(H,16,18)/b17-11-. The fraction of sp³-hybridized carbons (Fsp3) is 0.385. The second-order valence-electron chi connectivity index (χ2n) is 5.05. The molecule has 0 atom stereocenters. The molecule has 20 heavy (non-hydrogen) atoms. The van der Waals surface area contributed by atoms with Gasteiger partial charge in [-0.05, 0) is 38.5 Å². The molecule has 1 aromatic rings. The molecule has 0 bridgehead atoms. The molecular weight excluding hydrogens is 303 g/mol. The number of hydrogen-bond acceptors (Lipinski definition) is 4. The van der Waals surface area contributed by atoms with Gasteiger partial charge in [-0.15, -0.1) is 0 Å². The van der Waals surface area contributed by atoms with E-state index in [9.17, 15) is 4.79 Å². The molecule has 1 aromatic carbocycles. The van der Waals surface area contributed by atoms with E-state index in [0.29, 0.717) is 16.1 Å². The average Bonchev–Trinajstić information content (AvgIpc) is 2.34. The van der Waals surface area contributed by atoms with Crippen LogP contribution in [0.3, 0.4) is 0 Å². The van der Waals surface area contributed by atoms with E-state index in [1.165, 1.54) is 0 Å². The van der Waals surface area contributed by atoms with Crippen molar-refractivity contribution in [1.29, 1.82) is 0 Å². The maximum Gasteiger partial charge on any atom is 0.407 e. The minimum Gasteiger partial charge on any atom is -0.444 e. The number of nitrogens with zero attached hydrogens (tertiary/aromatic N) is 1. The molecule has 0 radical (unpaired) electrons. The molecule has 1 rings (SSSR count). The Bertz CT molecular complexity index is 525. The highest BCUT2D eigenvalue weighted by Gasteiger charge is 2.16. The van der Waals surface area contributed by atoms with Crippen molar-refractivity contribution in [3.8, 4) is 0 Å². The van der Waals surface area contributed by atoms with E-state index in [0.717, 1.165) is 0 Å². The zero-order valence-electron chi connectivity index (χ0n) is 11.4. The lowest BCUT2D eigenvalue weighted by atomic mass is 10.1. The van der Waals surface area contributed by atoms with Gasteiger partial charge in [0, 0.05) is 17.1 Å². The van der Waals surface area contributed by atoms with Crippen LogP contribution in [0.1, 0.15) is 31.9 Å². The minimum absolute atomic E-state index is 0.0554. The van der Waals surface area contributed by atoms with Crippen LogP contribution in [0.4, 0.5) is 4.79 Å². The van der Waals surface area contributed by atoms with Crippen molar-refractivity contribution in [2.24, 2.45) is 5.16 Å². The van der Waals surface area contributed by atoms with Crippen LogP contribution in [0.2, 0.25) is 5.02 Å². The van der Waals surface area contributed by atoms with Crippen molar-refractivity contribution in [1.82, 2.24) is 5.32 Å². The second-order valence-corrected chi connectivity index (χ2v) is 5.82. The zero-order valence-corrected chi connectivity index (χ0v) is 12.9. The first-order valence-electron chi connectivity index (χ1n) is 5.86. The van der Waals surface area contributed by atoms with Gasteiger partial charge in [0.25, 0.3) is 0 Å². The highest BCUT2D eigenvalue weighted by atomic mass is 35.5. The number of halogens is 2. The Morgan fingerprint density at radius 3 is 2.65 bits per heavy atom. The summed E-state index contributed by atoms with van der Waals surface area (Å²) in [6.45, 7) is 5.50. The van der Waals surface area contributed by atoms with Gasteiger partial charge in [-0.1, -0.05) is 34.4 Å². The third-order valence-corrected chi connectivity index (χ3v) is 2.86. The van der Waals surface area contributed by atoms with E-state index >= 15 is 0 Å². The van der Waals surface area contributed by atoms with Gasteiger partial charge >= 0.3 is 6.09 Å². The van der Waals surface area contributed by atoms with Gasteiger partial charge in [-0.25, -0.2) is 4.79 Å². The number of oxime groups is 1. The molecule has 0 aliphatic rings. The van der Waals surface area contributed by atoms with Crippen molar-refractivity contribution in [3.05, 3.63) is 34.3 Å². The summed E-state index contributed by atoms with van der Waals surface area (Å²) in [5, 5.41) is 14.5. The molecule has 0 saturated heterocycles. The number of carbonyl (C=O) groups is 1. The Kier molecular flexibility index (Phi) is 5.65. The molecule has 1 amide bonds. The van der Waals surface area contributed by atoms with E-state index in [2.05, 4.69) is 10.5 Å². The Balaban J connectivity index is 2.75. The summed E-state index contributed by atoms with van der Waals surface area (Å²) >= 11 is 11.7. The Morgan fingerprint density at radius 1 is 1.45 bits per heavy atom. The van der Waals surface area contributed by atoms with Crippen molar-refractivity contribution in [3.63, 3.8) is 0 Å². The molecular formula is C13H16Cl2N2O3. The van der Waals surface area contributed by atoms with Crippen LogP contribution in [-0.2, 0) is 11.3 Å². The molecule has 0 heterocycles. The monoisotopic (exact) mass is 318 g/mol. The van der Waals surface area contributed by atoms with E-state index in [-0.39, 0.29) is 11.7 Å². The lowest BCUT2D eigenvalue weighted by molar-refractivity contribution is 0.0523. The lowest BCUT2D eigenvalue weighted by Crippen LogP contribution is -2.32. The van der Waals surface area contributed by atoms with E-state index in [4.69, 9.17) is 33.1 Å². The molecule has 0 fully saturated rings. The van der Waals surface area contributed by atoms with Crippen LogP contribution in [-0.4, -0.2) is 22.1 Å². The van der Waals surface area contributed by atoms with Gasteiger partial charge in [-0.3, -0.25) is 0 Å². The van der Waals surface area contributed by atoms with Gasteiger partial charge < -0.3 is 15.3 Å². The van der Waals surface area contributed by atoms with Crippen molar-refractivity contribution in [2.75, 3.05) is 0 Å². The molecule has 110 valence electrons. The first kappa shape index (κ1) is 16.6. The summed E-state index contributed by atoms with van der Waals surface area (Å²) < 4.78 is 5.12. The maximum atomic E-state index is 11.6. The van der Waals surface area contributed by atoms with Crippen LogP contribution < -0.4 is 5.32 Å². The number of alkyl carbamates (subject to hydrolysis) is 1. The van der Waals surface area contributed by atoms with Gasteiger partial charge in [0.1, 0.15) is 5.60 Å². The molecule has 0 spiro atoms. The summed E-state index contributed by atoms with van der Waals surface area (Å²) in [5.74, 6) is 0. The fourth-order valence-corrected chi connectivity index (χ4v) is 1.68. The third-order valence-electron chi connectivity index (χ3n) is 2.19. The van der Waals surface area contributed by atoms with Crippen LogP contribution in [0.5, 0.6) is 0 Å². The highest BCUT2D eigenvalue weighted by Crippen LogP contribution is 2.19. The molecule has 0 aliphatic carbocycles. The average molecular weight is 319 g/mol. The van der Waals surface area contributed by atoms with Crippen molar-refractivity contribution in [2.45, 2.75) is 32.9 Å². The van der Waals surface area contributed by atoms with E-state index < -0.39 is 11.7 Å². The maximum absolute atomic E-state index is 11.6. The van der Waals surface area contributed by atoms with Crippen LogP contribution in [0, 0.1) is 0 Å². The number of ether oxygens (including phenoxy) is 1. The topological polar surface area (TPSA) is 70.9 Å². The SMILES string of the molecule is CC(C)(C)OC(=O)NCc1cc(/C(Cl)=N/O)ccc1Cl. The summed E-state index contributed by atoms with van der Waals surface area (Å²) in [6, 6.07) is 4.85. The normalized spacial score (nSPS) is 12.2. The molecule has 2 N–H and O–H groups in total. The van der Waals surface area contributed by atoms with Gasteiger partial charge in [0.05, 0.1) is 0 Å². The van der Waals surface area contributed by atoms with Gasteiger partial charge in [0.2, 0.25) is 0 Å². The van der Waals surface area contributed by atoms with Gasteiger partial charge in [0.15, 0.2) is 5.17 Å². The highest BCUT2D eigenvalue weighted by molar-refractivity contribution is 6.69. The Hall–Kier alpha value is -1.46. The number of hydrogen-bond donors (Lipinski definition) is 2. The van der Waals surface area contributed by atoms with E-state index in [1.54, 1.807) is 39.0 Å². The number of benzene rings is 1. The van der Waals surface area contributed by atoms with Crippen molar-refractivity contribution < 1.29 is 14.7 Å². The summed E-state index contributed by atoms with van der Waals surface area (Å²) in [5.41, 5.74) is 0.569. The molecule has 5 nitrogen and oxygen atoms in total. The predicted octanol–water partition coefficient (Wildman–Crippen LogP) is 3.74. The smallest absolute Gasteiger partial charge is 0.407 e. The first-order valence-corrected chi connectivity index (χ1v) is 6.62. The quantitative estimate of drug-likeness (QED) is 0.506. The second kappa shape index (κ2) is 6.81. The third kappa shape index (κ3) is 5.27.